The van der Waals surface area contributed by atoms with Crippen LogP contribution in [0.2, 0.25) is 5.02 Å². The third-order valence-corrected chi connectivity index (χ3v) is 4.45. The Morgan fingerprint density at radius 2 is 2.20 bits per heavy atom. The smallest absolute Gasteiger partial charge is 0.238 e. The maximum absolute atomic E-state index is 11.9. The number of halogens is 2. The first-order valence-electron chi connectivity index (χ1n) is 6.50. The predicted molar refractivity (Wildman–Crippen MR) is 84.0 cm³/mol. The van der Waals surface area contributed by atoms with Crippen LogP contribution in [0.1, 0.15) is 13.8 Å². The number of rotatable bonds is 4. The van der Waals surface area contributed by atoms with Gasteiger partial charge in [-0.3, -0.25) is 9.69 Å². The highest BCUT2D eigenvalue weighted by atomic mass is 79.9. The minimum absolute atomic E-state index is 0.125. The van der Waals surface area contributed by atoms with Crippen LogP contribution in [0.3, 0.4) is 0 Å². The van der Waals surface area contributed by atoms with E-state index in [0.29, 0.717) is 23.8 Å². The van der Waals surface area contributed by atoms with Crippen LogP contribution in [0.5, 0.6) is 0 Å². The number of carbonyl (C=O) groups is 1. The molecule has 0 atom stereocenters. The van der Waals surface area contributed by atoms with Gasteiger partial charge in [0.15, 0.2) is 0 Å². The number of likely N-dealkylation sites (tertiary alicyclic amines) is 1. The highest BCUT2D eigenvalue weighted by Crippen LogP contribution is 2.29. The number of carbonyl (C=O) groups excluding carboxylic acids is 1. The van der Waals surface area contributed by atoms with Crippen molar-refractivity contribution >= 4 is 39.1 Å². The minimum Gasteiger partial charge on any atom is -0.387 e. The molecule has 2 N–H and O–H groups in total. The monoisotopic (exact) mass is 360 g/mol. The zero-order chi connectivity index (χ0) is 14.9. The first kappa shape index (κ1) is 15.8. The highest BCUT2D eigenvalue weighted by molar-refractivity contribution is 9.10. The van der Waals surface area contributed by atoms with E-state index in [1.54, 1.807) is 12.1 Å². The summed E-state index contributed by atoms with van der Waals surface area (Å²) >= 11 is 9.36. The quantitative estimate of drug-likeness (QED) is 0.867. The summed E-state index contributed by atoms with van der Waals surface area (Å²) in [5, 5.41) is 13.4. The van der Waals surface area contributed by atoms with Gasteiger partial charge in [-0.15, -0.1) is 0 Å². The van der Waals surface area contributed by atoms with Gasteiger partial charge in [0.1, 0.15) is 0 Å². The Bertz CT molecular complexity index is 516. The maximum Gasteiger partial charge on any atom is 0.238 e. The molecule has 1 aromatic carbocycles. The number of hydrogen-bond donors (Lipinski definition) is 2. The molecule has 1 amide bonds. The summed E-state index contributed by atoms with van der Waals surface area (Å²) in [6.07, 6.45) is 0. The summed E-state index contributed by atoms with van der Waals surface area (Å²) in [5.74, 6) is 0.0720. The predicted octanol–water partition coefficient (Wildman–Crippen LogP) is 2.74. The lowest BCUT2D eigenvalue weighted by Gasteiger charge is -2.48. The lowest BCUT2D eigenvalue weighted by atomic mass is 9.83. The largest absolute Gasteiger partial charge is 0.387 e. The summed E-state index contributed by atoms with van der Waals surface area (Å²) in [7, 11) is 0. The van der Waals surface area contributed by atoms with E-state index >= 15 is 0 Å². The second kappa shape index (κ2) is 6.02. The standard InChI is InChI=1S/C14H18BrClN2O2/c1-9(2)14(20)7-18(8-14)6-13(19)17-12-4-3-10(15)5-11(12)16/h3-5,9,20H,6-8H2,1-2H3,(H,17,19). The van der Waals surface area contributed by atoms with Gasteiger partial charge in [0.2, 0.25) is 5.91 Å². The van der Waals surface area contributed by atoms with Crippen molar-refractivity contribution in [1.29, 1.82) is 0 Å². The molecule has 20 heavy (non-hydrogen) atoms. The molecule has 0 aromatic heterocycles. The van der Waals surface area contributed by atoms with Crippen molar-refractivity contribution in [3.8, 4) is 0 Å². The third kappa shape index (κ3) is 3.52. The molecule has 1 saturated heterocycles. The molecule has 110 valence electrons. The van der Waals surface area contributed by atoms with Gasteiger partial charge in [0.05, 0.1) is 22.9 Å². The summed E-state index contributed by atoms with van der Waals surface area (Å²) < 4.78 is 0.866. The van der Waals surface area contributed by atoms with E-state index in [-0.39, 0.29) is 18.4 Å². The minimum atomic E-state index is -0.657. The van der Waals surface area contributed by atoms with E-state index in [0.717, 1.165) is 4.47 Å². The highest BCUT2D eigenvalue weighted by Gasteiger charge is 2.43. The van der Waals surface area contributed by atoms with Crippen LogP contribution in [0.25, 0.3) is 0 Å². The van der Waals surface area contributed by atoms with Gasteiger partial charge in [0, 0.05) is 17.6 Å². The van der Waals surface area contributed by atoms with E-state index in [9.17, 15) is 9.90 Å². The number of aliphatic hydroxyl groups is 1. The maximum atomic E-state index is 11.9. The third-order valence-electron chi connectivity index (χ3n) is 3.64. The van der Waals surface area contributed by atoms with Gasteiger partial charge in [-0.05, 0) is 24.1 Å². The molecule has 0 radical (unpaired) electrons. The fourth-order valence-electron chi connectivity index (χ4n) is 2.19. The van der Waals surface area contributed by atoms with Crippen molar-refractivity contribution in [2.45, 2.75) is 19.4 Å². The summed E-state index contributed by atoms with van der Waals surface area (Å²) in [4.78, 5) is 13.8. The second-order valence-electron chi connectivity index (χ2n) is 5.58. The van der Waals surface area contributed by atoms with Gasteiger partial charge in [-0.1, -0.05) is 41.4 Å². The molecule has 0 saturated carbocycles. The van der Waals surface area contributed by atoms with E-state index in [2.05, 4.69) is 21.2 Å². The van der Waals surface area contributed by atoms with Crippen molar-refractivity contribution < 1.29 is 9.90 Å². The molecule has 1 aliphatic rings. The molecule has 0 bridgehead atoms. The normalized spacial score (nSPS) is 17.9. The Morgan fingerprint density at radius 1 is 1.55 bits per heavy atom. The molecule has 1 fully saturated rings. The zero-order valence-electron chi connectivity index (χ0n) is 11.5. The number of anilines is 1. The number of nitrogens with zero attached hydrogens (tertiary/aromatic N) is 1. The lowest BCUT2D eigenvalue weighted by molar-refractivity contribution is -0.139. The SMILES string of the molecule is CC(C)C1(O)CN(CC(=O)Nc2ccc(Br)cc2Cl)C1. The fraction of sp³-hybridized carbons (Fsp3) is 0.500. The number of hydrogen-bond acceptors (Lipinski definition) is 3. The average Bonchev–Trinajstić information content (AvgIpc) is 2.30. The molecule has 1 aliphatic heterocycles. The molecule has 2 rings (SSSR count). The number of nitrogens with one attached hydrogen (secondary N) is 1. The Kier molecular flexibility index (Phi) is 4.74. The Hall–Kier alpha value is -0.620. The van der Waals surface area contributed by atoms with Crippen LogP contribution in [0, 0.1) is 5.92 Å². The molecule has 1 aromatic rings. The molecular weight excluding hydrogens is 344 g/mol. The topological polar surface area (TPSA) is 52.6 Å². The summed E-state index contributed by atoms with van der Waals surface area (Å²) in [6.45, 7) is 5.30. The van der Waals surface area contributed by atoms with E-state index in [1.807, 2.05) is 24.8 Å². The summed E-state index contributed by atoms with van der Waals surface area (Å²) in [5.41, 5.74) is -0.0604. The first-order chi connectivity index (χ1) is 9.30. The van der Waals surface area contributed by atoms with Crippen LogP contribution >= 0.6 is 27.5 Å². The summed E-state index contributed by atoms with van der Waals surface area (Å²) in [6, 6.07) is 5.31. The van der Waals surface area contributed by atoms with Crippen molar-refractivity contribution in [2.24, 2.45) is 5.92 Å². The van der Waals surface area contributed by atoms with Gasteiger partial charge in [-0.2, -0.15) is 0 Å². The van der Waals surface area contributed by atoms with Crippen LogP contribution in [-0.2, 0) is 4.79 Å². The molecule has 6 heteroatoms. The van der Waals surface area contributed by atoms with Crippen molar-refractivity contribution in [2.75, 3.05) is 25.0 Å². The first-order valence-corrected chi connectivity index (χ1v) is 7.67. The van der Waals surface area contributed by atoms with Crippen LogP contribution in [-0.4, -0.2) is 41.1 Å². The number of benzene rings is 1. The molecular formula is C14H18BrClN2O2. The number of amides is 1. The van der Waals surface area contributed by atoms with Crippen molar-refractivity contribution in [1.82, 2.24) is 4.90 Å². The van der Waals surface area contributed by atoms with E-state index in [1.165, 1.54) is 0 Å². The Morgan fingerprint density at radius 3 is 2.75 bits per heavy atom. The van der Waals surface area contributed by atoms with Crippen LogP contribution in [0.15, 0.2) is 22.7 Å². The van der Waals surface area contributed by atoms with E-state index in [4.69, 9.17) is 11.6 Å². The zero-order valence-corrected chi connectivity index (χ0v) is 13.8. The van der Waals surface area contributed by atoms with Gasteiger partial charge < -0.3 is 10.4 Å². The van der Waals surface area contributed by atoms with Crippen LogP contribution < -0.4 is 5.32 Å². The van der Waals surface area contributed by atoms with E-state index < -0.39 is 5.60 Å². The van der Waals surface area contributed by atoms with Crippen molar-refractivity contribution in [3.63, 3.8) is 0 Å². The van der Waals surface area contributed by atoms with Gasteiger partial charge in [0.25, 0.3) is 0 Å². The van der Waals surface area contributed by atoms with Crippen LogP contribution in [0.4, 0.5) is 5.69 Å². The number of β-amino-alcohol motifs (C(OH)–C–C–N with tert-alkyl or cyclic N) is 1. The molecule has 1 heterocycles. The van der Waals surface area contributed by atoms with Gasteiger partial charge in [-0.25, -0.2) is 0 Å². The lowest BCUT2D eigenvalue weighted by Crippen LogP contribution is -2.65. The van der Waals surface area contributed by atoms with Gasteiger partial charge >= 0.3 is 0 Å². The Labute approximate surface area is 132 Å². The Balaban J connectivity index is 1.85. The molecule has 0 spiro atoms. The fourth-order valence-corrected chi connectivity index (χ4v) is 2.91. The molecule has 4 nitrogen and oxygen atoms in total. The molecule has 0 aliphatic carbocycles. The molecule has 0 unspecified atom stereocenters. The van der Waals surface area contributed by atoms with Crippen molar-refractivity contribution in [3.05, 3.63) is 27.7 Å². The average molecular weight is 362 g/mol. The second-order valence-corrected chi connectivity index (χ2v) is 6.90.